The summed E-state index contributed by atoms with van der Waals surface area (Å²) in [7, 11) is 1.55. The summed E-state index contributed by atoms with van der Waals surface area (Å²) in [5.74, 6) is -2.01. The molecule has 0 aliphatic rings. The second-order valence-corrected chi connectivity index (χ2v) is 5.46. The summed E-state index contributed by atoms with van der Waals surface area (Å²) in [6, 6.07) is 8.42. The van der Waals surface area contributed by atoms with E-state index in [1.807, 2.05) is 0 Å². The molecule has 3 N–H and O–H groups in total. The molecular weight excluding hydrogens is 357 g/mol. The predicted octanol–water partition coefficient (Wildman–Crippen LogP) is 1.03. The first-order valence-corrected chi connectivity index (χ1v) is 8.10. The molecule has 0 aliphatic heterocycles. The summed E-state index contributed by atoms with van der Waals surface area (Å²) in [5, 5.41) is 14.6. The Morgan fingerprint density at radius 3 is 2.70 bits per heavy atom. The summed E-state index contributed by atoms with van der Waals surface area (Å²) >= 11 is 0. The third-order valence-corrected chi connectivity index (χ3v) is 3.43. The van der Waals surface area contributed by atoms with Crippen molar-refractivity contribution in [3.8, 4) is 5.88 Å². The Morgan fingerprint density at radius 1 is 1.22 bits per heavy atom. The molecule has 0 fully saturated rings. The van der Waals surface area contributed by atoms with Gasteiger partial charge in [0.25, 0.3) is 0 Å². The number of nitrogens with one attached hydrogen (secondary N) is 2. The fraction of sp³-hybridized carbons (Fsp3) is 0.278. The van der Waals surface area contributed by atoms with Gasteiger partial charge in [0.05, 0.1) is 24.6 Å². The predicted molar refractivity (Wildman–Crippen MR) is 94.6 cm³/mol. The number of aliphatic hydroxyl groups is 1. The van der Waals surface area contributed by atoms with E-state index in [0.717, 1.165) is 6.07 Å². The first kappa shape index (κ1) is 20.3. The van der Waals surface area contributed by atoms with Crippen LogP contribution in [0.3, 0.4) is 0 Å². The Hall–Kier alpha value is -3.04. The minimum absolute atomic E-state index is 0.236. The number of aromatic nitrogens is 1. The van der Waals surface area contributed by atoms with Gasteiger partial charge in [-0.2, -0.15) is 0 Å². The molecule has 9 heteroatoms. The Morgan fingerprint density at radius 2 is 2.04 bits per heavy atom. The normalized spacial score (nSPS) is 11.5. The number of ether oxygens (including phenoxy) is 2. The molecule has 1 heterocycles. The minimum atomic E-state index is -1.14. The molecule has 0 saturated carbocycles. The van der Waals surface area contributed by atoms with Gasteiger partial charge in [-0.05, 0) is 23.8 Å². The van der Waals surface area contributed by atoms with Gasteiger partial charge in [-0.25, -0.2) is 9.37 Å². The quantitative estimate of drug-likeness (QED) is 0.468. The highest BCUT2D eigenvalue weighted by atomic mass is 19.1. The van der Waals surface area contributed by atoms with E-state index < -0.39 is 23.7 Å². The summed E-state index contributed by atoms with van der Waals surface area (Å²) in [5.41, 5.74) is 0.601. The zero-order valence-corrected chi connectivity index (χ0v) is 14.6. The molecule has 1 aromatic heterocycles. The van der Waals surface area contributed by atoms with Crippen molar-refractivity contribution in [3.05, 3.63) is 54.0 Å². The number of pyridine rings is 1. The smallest absolute Gasteiger partial charge is 0.313 e. The number of halogens is 1. The number of hydrogen-bond acceptors (Lipinski definition) is 6. The van der Waals surface area contributed by atoms with Crippen LogP contribution in [0.1, 0.15) is 11.7 Å². The largest absolute Gasteiger partial charge is 0.475 e. The second-order valence-electron chi connectivity index (χ2n) is 5.46. The van der Waals surface area contributed by atoms with E-state index in [-0.39, 0.29) is 6.54 Å². The molecule has 2 aromatic rings. The van der Waals surface area contributed by atoms with Gasteiger partial charge in [-0.3, -0.25) is 9.59 Å². The van der Waals surface area contributed by atoms with Crippen LogP contribution in [-0.2, 0) is 14.3 Å². The van der Waals surface area contributed by atoms with Crippen LogP contribution < -0.4 is 15.4 Å². The number of anilines is 1. The number of aliphatic hydroxyl groups excluding tert-OH is 1. The van der Waals surface area contributed by atoms with E-state index in [0.29, 0.717) is 30.3 Å². The lowest BCUT2D eigenvalue weighted by Crippen LogP contribution is -2.37. The average molecular weight is 377 g/mol. The van der Waals surface area contributed by atoms with Crippen molar-refractivity contribution in [2.75, 3.05) is 32.2 Å². The standard InChI is InChI=1S/C18H20FN3O5/c1-26-7-8-27-16-6-5-14(10-20-16)22-18(25)17(24)21-11-15(23)12-3-2-4-13(19)9-12/h2-6,9-10,15,23H,7-8,11H2,1H3,(H,21,24)(H,22,25). The molecule has 0 radical (unpaired) electrons. The van der Waals surface area contributed by atoms with Crippen molar-refractivity contribution in [2.24, 2.45) is 0 Å². The highest BCUT2D eigenvalue weighted by Gasteiger charge is 2.16. The van der Waals surface area contributed by atoms with Crippen molar-refractivity contribution >= 4 is 17.5 Å². The van der Waals surface area contributed by atoms with Crippen LogP contribution in [-0.4, -0.2) is 48.8 Å². The zero-order valence-electron chi connectivity index (χ0n) is 14.6. The second kappa shape index (κ2) is 10.2. The van der Waals surface area contributed by atoms with Gasteiger partial charge in [0.2, 0.25) is 5.88 Å². The fourth-order valence-electron chi connectivity index (χ4n) is 2.06. The third kappa shape index (κ3) is 6.65. The van der Waals surface area contributed by atoms with Crippen LogP contribution >= 0.6 is 0 Å². The Bertz CT molecular complexity index is 770. The van der Waals surface area contributed by atoms with E-state index in [4.69, 9.17) is 9.47 Å². The summed E-state index contributed by atoms with van der Waals surface area (Å²) in [6.45, 7) is 0.521. The molecule has 1 atom stereocenters. The van der Waals surface area contributed by atoms with Gasteiger partial charge in [-0.15, -0.1) is 0 Å². The van der Waals surface area contributed by atoms with E-state index in [1.165, 1.54) is 36.5 Å². The monoisotopic (exact) mass is 377 g/mol. The first-order valence-electron chi connectivity index (χ1n) is 8.10. The molecule has 144 valence electrons. The van der Waals surface area contributed by atoms with E-state index in [1.54, 1.807) is 7.11 Å². The maximum Gasteiger partial charge on any atom is 0.313 e. The Labute approximate surface area is 155 Å². The lowest BCUT2D eigenvalue weighted by Gasteiger charge is -2.12. The average Bonchev–Trinajstić information content (AvgIpc) is 2.67. The molecule has 0 aliphatic carbocycles. The van der Waals surface area contributed by atoms with Crippen molar-refractivity contribution in [3.63, 3.8) is 0 Å². The van der Waals surface area contributed by atoms with Crippen molar-refractivity contribution < 1.29 is 28.6 Å². The van der Waals surface area contributed by atoms with Crippen LogP contribution in [0.2, 0.25) is 0 Å². The number of methoxy groups -OCH3 is 1. The molecule has 2 rings (SSSR count). The molecule has 1 unspecified atom stereocenters. The van der Waals surface area contributed by atoms with E-state index in [2.05, 4.69) is 15.6 Å². The number of amides is 2. The maximum absolute atomic E-state index is 13.1. The van der Waals surface area contributed by atoms with Crippen LogP contribution in [0.15, 0.2) is 42.6 Å². The number of rotatable bonds is 8. The fourth-order valence-corrected chi connectivity index (χ4v) is 2.06. The van der Waals surface area contributed by atoms with Gasteiger partial charge in [0.1, 0.15) is 12.4 Å². The number of nitrogens with zero attached hydrogens (tertiary/aromatic N) is 1. The maximum atomic E-state index is 13.1. The first-order chi connectivity index (χ1) is 13.0. The molecule has 27 heavy (non-hydrogen) atoms. The molecular formula is C18H20FN3O5. The Kier molecular flexibility index (Phi) is 7.65. The minimum Gasteiger partial charge on any atom is -0.475 e. The number of carbonyl (C=O) groups excluding carboxylic acids is 2. The van der Waals surface area contributed by atoms with Gasteiger partial charge >= 0.3 is 11.8 Å². The number of hydrogen-bond donors (Lipinski definition) is 3. The van der Waals surface area contributed by atoms with Gasteiger partial charge in [-0.1, -0.05) is 12.1 Å². The molecule has 8 nitrogen and oxygen atoms in total. The number of carbonyl (C=O) groups is 2. The number of benzene rings is 1. The van der Waals surface area contributed by atoms with Crippen molar-refractivity contribution in [1.82, 2.24) is 10.3 Å². The van der Waals surface area contributed by atoms with E-state index in [9.17, 15) is 19.1 Å². The molecule has 0 saturated heterocycles. The van der Waals surface area contributed by atoms with E-state index >= 15 is 0 Å². The third-order valence-electron chi connectivity index (χ3n) is 3.43. The molecule has 0 spiro atoms. The Balaban J connectivity index is 1.80. The summed E-state index contributed by atoms with van der Waals surface area (Å²) < 4.78 is 23.3. The topological polar surface area (TPSA) is 110 Å². The van der Waals surface area contributed by atoms with Crippen LogP contribution in [0.4, 0.5) is 10.1 Å². The van der Waals surface area contributed by atoms with Crippen LogP contribution in [0, 0.1) is 5.82 Å². The molecule has 1 aromatic carbocycles. The zero-order chi connectivity index (χ0) is 19.6. The van der Waals surface area contributed by atoms with Crippen LogP contribution in [0.5, 0.6) is 5.88 Å². The SMILES string of the molecule is COCCOc1ccc(NC(=O)C(=O)NCC(O)c2cccc(F)c2)cn1. The molecule has 0 bridgehead atoms. The van der Waals surface area contributed by atoms with Gasteiger partial charge in [0.15, 0.2) is 0 Å². The highest BCUT2D eigenvalue weighted by molar-refractivity contribution is 6.39. The van der Waals surface area contributed by atoms with Gasteiger partial charge < -0.3 is 25.2 Å². The highest BCUT2D eigenvalue weighted by Crippen LogP contribution is 2.13. The lowest BCUT2D eigenvalue weighted by atomic mass is 10.1. The van der Waals surface area contributed by atoms with Crippen molar-refractivity contribution in [1.29, 1.82) is 0 Å². The molecule has 2 amide bonds. The van der Waals surface area contributed by atoms with Crippen LogP contribution in [0.25, 0.3) is 0 Å². The van der Waals surface area contributed by atoms with Crippen molar-refractivity contribution in [2.45, 2.75) is 6.10 Å². The summed E-state index contributed by atoms with van der Waals surface area (Å²) in [4.78, 5) is 27.7. The lowest BCUT2D eigenvalue weighted by molar-refractivity contribution is -0.136. The summed E-state index contributed by atoms with van der Waals surface area (Å²) in [6.07, 6.45) is 0.206. The van der Waals surface area contributed by atoms with Gasteiger partial charge in [0, 0.05) is 19.7 Å².